The second-order valence-corrected chi connectivity index (χ2v) is 18.2. The van der Waals surface area contributed by atoms with E-state index in [9.17, 15) is 0 Å². The van der Waals surface area contributed by atoms with E-state index in [2.05, 4.69) is 93.5 Å². The van der Waals surface area contributed by atoms with E-state index in [1.54, 1.807) is 104 Å². The summed E-state index contributed by atoms with van der Waals surface area (Å²) in [5, 5.41) is 0. The van der Waals surface area contributed by atoms with Gasteiger partial charge in [-0.1, -0.05) is 0 Å². The minimum Gasteiger partial charge on any atom is 0 e. The SMILES string of the molecule is CC(C)(C)[C](=[W])C=C1C=C(C(C)(C)C)C[C]1=[W].CC(C)[C](=[W])C=C1C=C(C(C)C)C[C]1=[W].[W].[W].[W].[W].[W].[W].[W].[W]. The zero-order valence-electron chi connectivity index (χ0n) is 24.8. The first kappa shape index (κ1) is 65.1. The maximum atomic E-state index is 2.43. The Morgan fingerprint density at radius 1 is 0.675 bits per heavy atom. The minimum atomic E-state index is 0. The molecule has 0 aromatic heterocycles. The minimum absolute atomic E-state index is 0. The fourth-order valence-corrected chi connectivity index (χ4v) is 5.90. The van der Waals surface area contributed by atoms with Crippen molar-refractivity contribution in [2.24, 2.45) is 22.7 Å². The monoisotopic (exact) mass is 2580 g/mol. The van der Waals surface area contributed by atoms with Crippen LogP contribution >= 0.6 is 0 Å². The molecular formula is C28H40W12. The molecule has 0 fully saturated rings. The fraction of sp³-hybridized carbons (Fsp3) is 0.571. The maximum Gasteiger partial charge on any atom is 0 e. The van der Waals surface area contributed by atoms with Crippen molar-refractivity contribution < 1.29 is 246 Å². The molecule has 0 atom stereocenters. The van der Waals surface area contributed by atoms with Crippen LogP contribution in [0.1, 0.15) is 82.1 Å². The van der Waals surface area contributed by atoms with E-state index in [-0.39, 0.29) is 169 Å². The third-order valence-electron chi connectivity index (χ3n) is 5.63. The smallest absolute Gasteiger partial charge is 0 e. The molecule has 224 valence electrons. The van der Waals surface area contributed by atoms with Crippen LogP contribution in [0, 0.1) is 22.7 Å². The summed E-state index contributed by atoms with van der Waals surface area (Å²) in [6.45, 7) is 23.0. The first-order valence-corrected chi connectivity index (χ1v) is 17.3. The molecule has 0 spiro atoms. The molecule has 0 amide bonds. The van der Waals surface area contributed by atoms with Crippen LogP contribution in [-0.4, -0.2) is 15.6 Å². The first-order valence-electron chi connectivity index (χ1n) is 11.4. The number of allylic oxidation sites excluding steroid dienone is 8. The Hall–Kier alpha value is 6.70. The van der Waals surface area contributed by atoms with E-state index in [4.69, 9.17) is 0 Å². The standard InChI is InChI=1S/C15H22.C13H18.12W/c1-14(2,3)10-9-12-7-8-13(11-12)15(4,5)6;1-10(2)5-6-12-7-8-13(9-12)11(3)4;;;;;;;;;;;;/h9,11H,8H2,1-6H3;6,9-11H,8H2,1-4H3;;;;;;;;;;;;. The van der Waals surface area contributed by atoms with Crippen molar-refractivity contribution in [3.8, 4) is 0 Å². The molecule has 0 aliphatic heterocycles. The summed E-state index contributed by atoms with van der Waals surface area (Å²) in [5.74, 6) is 1.41. The van der Waals surface area contributed by atoms with Crippen molar-refractivity contribution in [2.45, 2.75) is 82.1 Å². The van der Waals surface area contributed by atoms with Crippen LogP contribution in [0.2, 0.25) is 0 Å². The Morgan fingerprint density at radius 3 is 1.38 bits per heavy atom. The molecule has 0 radical (unpaired) electrons. The van der Waals surface area contributed by atoms with Crippen molar-refractivity contribution in [3.05, 3.63) is 46.6 Å². The quantitative estimate of drug-likeness (QED) is 0.293. The summed E-state index contributed by atoms with van der Waals surface area (Å²) in [5.41, 5.74) is 6.83. The van der Waals surface area contributed by atoms with E-state index >= 15 is 0 Å². The Balaban J connectivity index is -0.0000000714. The average Bonchev–Trinajstić information content (AvgIpc) is 3.18. The molecule has 0 saturated carbocycles. The topological polar surface area (TPSA) is 0 Å². The normalized spacial score (nSPS) is 15.6. The number of hydrogen-bond donors (Lipinski definition) is 0. The predicted molar refractivity (Wildman–Crippen MR) is 130 cm³/mol. The van der Waals surface area contributed by atoms with Gasteiger partial charge in [0.25, 0.3) is 0 Å². The molecule has 0 unspecified atom stereocenters. The van der Waals surface area contributed by atoms with Gasteiger partial charge in [-0.05, 0) is 0 Å². The fourth-order valence-electron chi connectivity index (χ4n) is 2.99. The summed E-state index contributed by atoms with van der Waals surface area (Å²) in [7, 11) is 0. The molecule has 2 rings (SSSR count). The molecule has 0 heterocycles. The molecular weight excluding hydrogens is 2540 g/mol. The third kappa shape index (κ3) is 24.8. The third-order valence-corrected chi connectivity index (χ3v) is 13.1. The molecule has 2 aliphatic rings. The zero-order chi connectivity index (χ0) is 25.0. The van der Waals surface area contributed by atoms with Crippen molar-refractivity contribution in [2.75, 3.05) is 0 Å². The summed E-state index contributed by atoms with van der Waals surface area (Å²) >= 11 is 6.47. The first-order chi connectivity index (χ1) is 14.4. The van der Waals surface area contributed by atoms with Gasteiger partial charge in [0, 0.05) is 169 Å². The van der Waals surface area contributed by atoms with Gasteiger partial charge in [-0.15, -0.1) is 0 Å². The van der Waals surface area contributed by atoms with Crippen LogP contribution in [0.15, 0.2) is 46.6 Å². The van der Waals surface area contributed by atoms with Gasteiger partial charge >= 0.3 is 244 Å². The molecule has 0 nitrogen and oxygen atoms in total. The van der Waals surface area contributed by atoms with Crippen molar-refractivity contribution in [1.29, 1.82) is 0 Å². The van der Waals surface area contributed by atoms with Crippen LogP contribution in [0.5, 0.6) is 0 Å². The molecule has 0 saturated heterocycles. The largest absolute Gasteiger partial charge is 0 e. The van der Waals surface area contributed by atoms with Gasteiger partial charge in [0.1, 0.15) is 0 Å². The number of rotatable bonds is 4. The Morgan fingerprint density at radius 2 is 1.07 bits per heavy atom. The van der Waals surface area contributed by atoms with Gasteiger partial charge in [-0.2, -0.15) is 0 Å². The maximum absolute atomic E-state index is 2.43. The van der Waals surface area contributed by atoms with Crippen LogP contribution in [0.25, 0.3) is 0 Å². The molecule has 0 aromatic rings. The van der Waals surface area contributed by atoms with E-state index < -0.39 is 0 Å². The van der Waals surface area contributed by atoms with E-state index in [1.807, 2.05) is 0 Å². The van der Waals surface area contributed by atoms with Gasteiger partial charge in [0.05, 0.1) is 0 Å². The second-order valence-electron chi connectivity index (χ2n) is 11.4. The molecule has 12 heteroatoms. The van der Waals surface area contributed by atoms with Crippen LogP contribution in [-0.2, 0) is 246 Å². The van der Waals surface area contributed by atoms with Gasteiger partial charge in [-0.3, -0.25) is 0 Å². The van der Waals surface area contributed by atoms with E-state index in [0.717, 1.165) is 0 Å². The second kappa shape index (κ2) is 30.5. The van der Waals surface area contributed by atoms with Gasteiger partial charge in [0.2, 0.25) is 0 Å². The Labute approximate surface area is 405 Å². The summed E-state index contributed by atoms with van der Waals surface area (Å²) in [6, 6.07) is 0. The summed E-state index contributed by atoms with van der Waals surface area (Å²) in [6.07, 6.45) is 12.1. The number of hydrogen-bond acceptors (Lipinski definition) is 0. The van der Waals surface area contributed by atoms with Gasteiger partial charge < -0.3 is 0 Å². The molecule has 0 aromatic carbocycles. The van der Waals surface area contributed by atoms with Crippen molar-refractivity contribution in [1.82, 2.24) is 0 Å². The van der Waals surface area contributed by atoms with E-state index in [1.165, 1.54) is 24.0 Å². The predicted octanol–water partition coefficient (Wildman–Crippen LogP) is 6.75. The molecule has 40 heavy (non-hydrogen) atoms. The molecule has 0 N–H and O–H groups in total. The van der Waals surface area contributed by atoms with E-state index in [0.29, 0.717) is 22.7 Å². The van der Waals surface area contributed by atoms with Crippen LogP contribution < -0.4 is 0 Å². The summed E-state index contributed by atoms with van der Waals surface area (Å²) < 4.78 is 6.36. The van der Waals surface area contributed by atoms with Crippen molar-refractivity contribution >= 4 is 15.6 Å². The molecule has 0 bridgehead atoms. The summed E-state index contributed by atoms with van der Waals surface area (Å²) in [4.78, 5) is 0. The zero-order valence-corrected chi connectivity index (χ0v) is 60.0. The Bertz CT molecular complexity index is 922. The van der Waals surface area contributed by atoms with Crippen LogP contribution in [0.3, 0.4) is 0 Å². The van der Waals surface area contributed by atoms with Crippen LogP contribution in [0.4, 0.5) is 0 Å². The Kier molecular flexibility index (Phi) is 49.7. The average molecular weight is 2580 g/mol. The van der Waals surface area contributed by atoms with Gasteiger partial charge in [0.15, 0.2) is 0 Å². The van der Waals surface area contributed by atoms with Gasteiger partial charge in [-0.25, -0.2) is 0 Å². The van der Waals surface area contributed by atoms with Crippen molar-refractivity contribution in [3.63, 3.8) is 0 Å². The molecule has 2 aliphatic carbocycles.